The summed E-state index contributed by atoms with van der Waals surface area (Å²) < 4.78 is 0. The van der Waals surface area contributed by atoms with E-state index in [1.165, 1.54) is 51.9 Å². The van der Waals surface area contributed by atoms with E-state index in [2.05, 4.69) is 31.0 Å². The second-order valence-corrected chi connectivity index (χ2v) is 6.55. The summed E-state index contributed by atoms with van der Waals surface area (Å²) in [5.41, 5.74) is 0.554. The fraction of sp³-hybridized carbons (Fsp3) is 1.00. The van der Waals surface area contributed by atoms with E-state index in [-0.39, 0.29) is 0 Å². The molecule has 2 fully saturated rings. The molecule has 0 aromatic carbocycles. The molecule has 2 aliphatic rings. The smallest absolute Gasteiger partial charge is 0.0223 e. The normalized spacial score (nSPS) is 27.2. The molecular formula is C14H28N2. The zero-order chi connectivity index (χ0) is 11.6. The molecule has 0 aromatic heterocycles. The van der Waals surface area contributed by atoms with Gasteiger partial charge in [0.15, 0.2) is 0 Å². The molecule has 1 aliphatic carbocycles. The van der Waals surface area contributed by atoms with Crippen LogP contribution in [0.3, 0.4) is 0 Å². The van der Waals surface area contributed by atoms with Crippen molar-refractivity contribution < 1.29 is 0 Å². The third-order valence-corrected chi connectivity index (χ3v) is 4.06. The van der Waals surface area contributed by atoms with E-state index in [4.69, 9.17) is 0 Å². The van der Waals surface area contributed by atoms with Crippen LogP contribution in [0.1, 0.15) is 46.5 Å². The molecule has 1 saturated carbocycles. The summed E-state index contributed by atoms with van der Waals surface area (Å²) in [6, 6.07) is 0.772. The number of nitrogens with zero attached hydrogens (tertiary/aromatic N) is 1. The minimum Gasteiger partial charge on any atom is -0.312 e. The summed E-state index contributed by atoms with van der Waals surface area (Å²) in [7, 11) is 0. The van der Waals surface area contributed by atoms with Crippen LogP contribution >= 0.6 is 0 Å². The Labute approximate surface area is 101 Å². The first-order valence-electron chi connectivity index (χ1n) is 7.06. The van der Waals surface area contributed by atoms with Gasteiger partial charge in [0.1, 0.15) is 0 Å². The SMILES string of the molecule is CCCNC(CN1CCC(C)(C)C1)C1CC1. The van der Waals surface area contributed by atoms with Crippen LogP contribution in [0.2, 0.25) is 0 Å². The predicted molar refractivity (Wildman–Crippen MR) is 69.6 cm³/mol. The van der Waals surface area contributed by atoms with Crippen LogP contribution in [-0.2, 0) is 0 Å². The Kier molecular flexibility index (Phi) is 3.91. The molecule has 1 heterocycles. The van der Waals surface area contributed by atoms with Gasteiger partial charge in [-0.05, 0) is 50.1 Å². The molecule has 1 saturated heterocycles. The largest absolute Gasteiger partial charge is 0.312 e. The van der Waals surface area contributed by atoms with Crippen molar-refractivity contribution in [2.75, 3.05) is 26.2 Å². The van der Waals surface area contributed by atoms with E-state index in [0.29, 0.717) is 5.41 Å². The summed E-state index contributed by atoms with van der Waals surface area (Å²) in [5, 5.41) is 3.74. The van der Waals surface area contributed by atoms with E-state index in [0.717, 1.165) is 12.0 Å². The first kappa shape index (κ1) is 12.4. The topological polar surface area (TPSA) is 15.3 Å². The van der Waals surface area contributed by atoms with Gasteiger partial charge in [-0.2, -0.15) is 0 Å². The van der Waals surface area contributed by atoms with E-state index >= 15 is 0 Å². The van der Waals surface area contributed by atoms with Crippen molar-refractivity contribution in [3.05, 3.63) is 0 Å². The summed E-state index contributed by atoms with van der Waals surface area (Å²) in [4.78, 5) is 2.67. The molecular weight excluding hydrogens is 196 g/mol. The minimum absolute atomic E-state index is 0.554. The maximum Gasteiger partial charge on any atom is 0.0223 e. The van der Waals surface area contributed by atoms with Crippen LogP contribution in [0.15, 0.2) is 0 Å². The van der Waals surface area contributed by atoms with Crippen LogP contribution in [0.5, 0.6) is 0 Å². The average Bonchev–Trinajstić information content (AvgIpc) is 2.99. The number of rotatable bonds is 6. The van der Waals surface area contributed by atoms with Gasteiger partial charge in [0, 0.05) is 19.1 Å². The van der Waals surface area contributed by atoms with Gasteiger partial charge in [0.05, 0.1) is 0 Å². The third-order valence-electron chi connectivity index (χ3n) is 4.06. The molecule has 2 rings (SSSR count). The van der Waals surface area contributed by atoms with Crippen LogP contribution in [0, 0.1) is 11.3 Å². The Balaban J connectivity index is 1.77. The number of nitrogens with one attached hydrogen (secondary N) is 1. The van der Waals surface area contributed by atoms with E-state index in [1.54, 1.807) is 0 Å². The van der Waals surface area contributed by atoms with Crippen molar-refractivity contribution in [3.63, 3.8) is 0 Å². The lowest BCUT2D eigenvalue weighted by atomic mass is 9.93. The number of hydrogen-bond donors (Lipinski definition) is 1. The Morgan fingerprint density at radius 3 is 2.62 bits per heavy atom. The fourth-order valence-corrected chi connectivity index (χ4v) is 2.87. The highest BCUT2D eigenvalue weighted by Crippen LogP contribution is 2.35. The Bertz CT molecular complexity index is 221. The lowest BCUT2D eigenvalue weighted by Crippen LogP contribution is -2.42. The zero-order valence-electron chi connectivity index (χ0n) is 11.3. The molecule has 94 valence electrons. The standard InChI is InChI=1S/C14H28N2/c1-4-8-15-13(12-5-6-12)10-16-9-7-14(2,3)11-16/h12-13,15H,4-11H2,1-3H3. The van der Waals surface area contributed by atoms with E-state index in [9.17, 15) is 0 Å². The quantitative estimate of drug-likeness (QED) is 0.746. The van der Waals surface area contributed by atoms with Crippen LogP contribution in [-0.4, -0.2) is 37.1 Å². The second kappa shape index (κ2) is 5.05. The monoisotopic (exact) mass is 224 g/mol. The van der Waals surface area contributed by atoms with Gasteiger partial charge in [-0.3, -0.25) is 0 Å². The molecule has 2 heteroatoms. The third kappa shape index (κ3) is 3.46. The van der Waals surface area contributed by atoms with Crippen molar-refractivity contribution in [2.45, 2.75) is 52.5 Å². The van der Waals surface area contributed by atoms with Gasteiger partial charge in [-0.15, -0.1) is 0 Å². The summed E-state index contributed by atoms with van der Waals surface area (Å²) >= 11 is 0. The molecule has 0 aromatic rings. The summed E-state index contributed by atoms with van der Waals surface area (Å²) in [6.07, 6.45) is 5.55. The fourth-order valence-electron chi connectivity index (χ4n) is 2.87. The molecule has 2 nitrogen and oxygen atoms in total. The van der Waals surface area contributed by atoms with Crippen molar-refractivity contribution in [1.29, 1.82) is 0 Å². The molecule has 1 N–H and O–H groups in total. The lowest BCUT2D eigenvalue weighted by molar-refractivity contribution is 0.248. The molecule has 1 aliphatic heterocycles. The summed E-state index contributed by atoms with van der Waals surface area (Å²) in [5.74, 6) is 0.982. The average molecular weight is 224 g/mol. The first-order valence-corrected chi connectivity index (χ1v) is 7.06. The lowest BCUT2D eigenvalue weighted by Gasteiger charge is -2.26. The first-order chi connectivity index (χ1) is 7.61. The molecule has 0 radical (unpaired) electrons. The molecule has 16 heavy (non-hydrogen) atoms. The van der Waals surface area contributed by atoms with Crippen LogP contribution in [0.4, 0.5) is 0 Å². The van der Waals surface area contributed by atoms with Crippen molar-refractivity contribution in [1.82, 2.24) is 10.2 Å². The highest BCUT2D eigenvalue weighted by atomic mass is 15.2. The van der Waals surface area contributed by atoms with Gasteiger partial charge >= 0.3 is 0 Å². The maximum atomic E-state index is 3.74. The van der Waals surface area contributed by atoms with Crippen molar-refractivity contribution in [3.8, 4) is 0 Å². The second-order valence-electron chi connectivity index (χ2n) is 6.55. The number of likely N-dealkylation sites (tertiary alicyclic amines) is 1. The molecule has 1 atom stereocenters. The van der Waals surface area contributed by atoms with Crippen molar-refractivity contribution in [2.24, 2.45) is 11.3 Å². The van der Waals surface area contributed by atoms with Gasteiger partial charge < -0.3 is 10.2 Å². The van der Waals surface area contributed by atoms with E-state index in [1.807, 2.05) is 0 Å². The molecule has 1 unspecified atom stereocenters. The molecule has 0 bridgehead atoms. The Morgan fingerprint density at radius 2 is 2.12 bits per heavy atom. The zero-order valence-corrected chi connectivity index (χ0v) is 11.3. The highest BCUT2D eigenvalue weighted by Gasteiger charge is 2.35. The predicted octanol–water partition coefficient (Wildman–Crippen LogP) is 2.50. The summed E-state index contributed by atoms with van der Waals surface area (Å²) in [6.45, 7) is 12.1. The van der Waals surface area contributed by atoms with Gasteiger partial charge in [-0.1, -0.05) is 20.8 Å². The highest BCUT2D eigenvalue weighted by molar-refractivity contribution is 4.91. The van der Waals surface area contributed by atoms with Crippen molar-refractivity contribution >= 4 is 0 Å². The number of hydrogen-bond acceptors (Lipinski definition) is 2. The minimum atomic E-state index is 0.554. The molecule has 0 spiro atoms. The Hall–Kier alpha value is -0.0800. The van der Waals surface area contributed by atoms with Crippen LogP contribution in [0.25, 0.3) is 0 Å². The van der Waals surface area contributed by atoms with Gasteiger partial charge in [0.25, 0.3) is 0 Å². The van der Waals surface area contributed by atoms with Gasteiger partial charge in [0.2, 0.25) is 0 Å². The van der Waals surface area contributed by atoms with Gasteiger partial charge in [-0.25, -0.2) is 0 Å². The maximum absolute atomic E-state index is 3.74. The van der Waals surface area contributed by atoms with E-state index < -0.39 is 0 Å². The molecule has 0 amide bonds. The van der Waals surface area contributed by atoms with Crippen LogP contribution < -0.4 is 5.32 Å². The Morgan fingerprint density at radius 1 is 1.38 bits per heavy atom.